The summed E-state index contributed by atoms with van der Waals surface area (Å²) in [6, 6.07) is 5.70. The number of pyridine rings is 1. The van der Waals surface area contributed by atoms with E-state index < -0.39 is 0 Å². The Hall–Kier alpha value is -1.57. The van der Waals surface area contributed by atoms with Crippen molar-refractivity contribution in [2.75, 3.05) is 12.9 Å². The number of aliphatic hydroxyl groups is 1. The Kier molecular flexibility index (Phi) is 10.6. The zero-order valence-electron chi connectivity index (χ0n) is 11.0. The number of thioether (sulfide) groups is 1. The maximum Gasteiger partial charge on any atom is 0.253 e. The molecule has 0 atom stereocenters. The molecule has 19 heavy (non-hydrogen) atoms. The largest absolute Gasteiger partial charge is 0.401 e. The summed E-state index contributed by atoms with van der Waals surface area (Å²) in [5, 5.41) is 7.12. The molecule has 0 amide bonds. The Morgan fingerprint density at radius 2 is 2.00 bits per heavy atom. The number of nitrogens with one attached hydrogen (secondary N) is 1. The molecule has 1 aromatic heterocycles. The summed E-state index contributed by atoms with van der Waals surface area (Å²) in [7, 11) is 1.00. The molecule has 6 N–H and O–H groups in total. The maximum atomic E-state index is 11.6. The minimum Gasteiger partial charge on any atom is -0.401 e. The molecule has 0 unspecified atom stereocenters. The minimum atomic E-state index is 0.120. The molecule has 1 heterocycles. The number of carbonyl (C=O) groups is 1. The summed E-state index contributed by atoms with van der Waals surface area (Å²) >= 11 is 1.28. The summed E-state index contributed by atoms with van der Waals surface area (Å²) in [6.45, 7) is 0.379. The van der Waals surface area contributed by atoms with Crippen LogP contribution < -0.4 is 21.6 Å². The van der Waals surface area contributed by atoms with Crippen LogP contribution >= 0.6 is 11.8 Å². The molecule has 106 valence electrons. The molecule has 6 nitrogen and oxygen atoms in total. The van der Waals surface area contributed by atoms with Crippen molar-refractivity contribution < 1.29 is 14.5 Å². The fourth-order valence-corrected chi connectivity index (χ4v) is 2.00. The molecule has 1 rings (SSSR count). The third kappa shape index (κ3) is 9.06. The van der Waals surface area contributed by atoms with Gasteiger partial charge in [0.2, 0.25) is 6.54 Å². The lowest BCUT2D eigenvalue weighted by Crippen LogP contribution is -2.35. The minimum absolute atomic E-state index is 0.120. The number of aliphatic hydroxyl groups excluding tert-OH is 1. The number of allylic oxidation sites excluding steroid dienone is 1. The molecule has 0 bridgehead atoms. The molecule has 0 aliphatic rings. The van der Waals surface area contributed by atoms with Crippen LogP contribution in [0.5, 0.6) is 0 Å². The van der Waals surface area contributed by atoms with Crippen molar-refractivity contribution in [3.8, 4) is 0 Å². The Bertz CT molecular complexity index is 385. The molecular formula is C12H21N4O2S+. The third-order valence-corrected chi connectivity index (χ3v) is 2.87. The number of nitrogens with two attached hydrogens (primary N) is 2. The standard InChI is InChI=1S/C11H17N4OS.CH4O/c12-10(8-14-13)4-7-17-11(16)9-15-5-2-1-3-6-15;1-2/h1-3,5-6,8,14H,4,7,9,12-13H2;2H,1H3/q+1;/b10-8-;. The summed E-state index contributed by atoms with van der Waals surface area (Å²) in [4.78, 5) is 11.6. The molecule has 0 spiro atoms. The average molecular weight is 285 g/mol. The van der Waals surface area contributed by atoms with E-state index in [4.69, 9.17) is 16.7 Å². The normalized spacial score (nSPS) is 10.4. The number of hydrazine groups is 1. The van der Waals surface area contributed by atoms with Gasteiger partial charge in [-0.15, -0.1) is 0 Å². The van der Waals surface area contributed by atoms with Crippen LogP contribution in [-0.4, -0.2) is 23.1 Å². The van der Waals surface area contributed by atoms with Crippen LogP contribution in [0.2, 0.25) is 0 Å². The van der Waals surface area contributed by atoms with Crippen LogP contribution in [0.25, 0.3) is 0 Å². The zero-order chi connectivity index (χ0) is 14.5. The first-order valence-corrected chi connectivity index (χ1v) is 6.66. The topological polar surface area (TPSA) is 105 Å². The molecule has 7 heteroatoms. The zero-order valence-corrected chi connectivity index (χ0v) is 11.8. The van der Waals surface area contributed by atoms with Gasteiger partial charge in [0.25, 0.3) is 5.12 Å². The van der Waals surface area contributed by atoms with Crippen LogP contribution in [0.1, 0.15) is 6.42 Å². The second kappa shape index (κ2) is 11.5. The maximum absolute atomic E-state index is 11.6. The molecule has 0 radical (unpaired) electrons. The van der Waals surface area contributed by atoms with Gasteiger partial charge in [-0.2, -0.15) is 4.57 Å². The average Bonchev–Trinajstić information content (AvgIpc) is 2.42. The van der Waals surface area contributed by atoms with Gasteiger partial charge in [-0.1, -0.05) is 17.8 Å². The lowest BCUT2D eigenvalue weighted by Gasteiger charge is -2.00. The molecule has 0 aliphatic carbocycles. The summed E-state index contributed by atoms with van der Waals surface area (Å²) in [5.74, 6) is 5.74. The van der Waals surface area contributed by atoms with Crippen LogP contribution in [0.15, 0.2) is 42.5 Å². The second-order valence-electron chi connectivity index (χ2n) is 3.40. The highest BCUT2D eigenvalue weighted by Crippen LogP contribution is 2.06. The molecule has 0 aromatic carbocycles. The Morgan fingerprint density at radius 1 is 1.37 bits per heavy atom. The van der Waals surface area contributed by atoms with Crippen molar-refractivity contribution in [2.24, 2.45) is 11.6 Å². The predicted octanol–water partition coefficient (Wildman–Crippen LogP) is -0.504. The van der Waals surface area contributed by atoms with E-state index in [-0.39, 0.29) is 5.12 Å². The molecule has 0 saturated heterocycles. The first-order valence-electron chi connectivity index (χ1n) is 5.67. The lowest BCUT2D eigenvalue weighted by atomic mass is 10.4. The Balaban J connectivity index is 0.00000154. The quantitative estimate of drug-likeness (QED) is 0.319. The first kappa shape index (κ1) is 17.4. The Labute approximate surface area is 117 Å². The van der Waals surface area contributed by atoms with E-state index >= 15 is 0 Å². The highest BCUT2D eigenvalue weighted by Gasteiger charge is 2.08. The van der Waals surface area contributed by atoms with Crippen LogP contribution in [0, 0.1) is 0 Å². The van der Waals surface area contributed by atoms with Crippen LogP contribution in [0.3, 0.4) is 0 Å². The van der Waals surface area contributed by atoms with Gasteiger partial charge >= 0.3 is 0 Å². The smallest absolute Gasteiger partial charge is 0.253 e. The van der Waals surface area contributed by atoms with E-state index in [0.29, 0.717) is 24.4 Å². The van der Waals surface area contributed by atoms with Crippen molar-refractivity contribution in [2.45, 2.75) is 13.0 Å². The molecular weight excluding hydrogens is 264 g/mol. The van der Waals surface area contributed by atoms with Gasteiger partial charge in [0.05, 0.1) is 0 Å². The van der Waals surface area contributed by atoms with Gasteiger partial charge in [-0.3, -0.25) is 10.6 Å². The van der Waals surface area contributed by atoms with Crippen molar-refractivity contribution in [1.82, 2.24) is 5.43 Å². The van der Waals surface area contributed by atoms with Gasteiger partial charge in [-0.05, 0) is 6.42 Å². The highest BCUT2D eigenvalue weighted by molar-refractivity contribution is 8.13. The molecule has 0 fully saturated rings. The second-order valence-corrected chi connectivity index (χ2v) is 4.56. The number of hydrogen-bond acceptors (Lipinski definition) is 6. The van der Waals surface area contributed by atoms with Crippen molar-refractivity contribution in [3.63, 3.8) is 0 Å². The van der Waals surface area contributed by atoms with Gasteiger partial charge < -0.3 is 16.3 Å². The third-order valence-electron chi connectivity index (χ3n) is 2.01. The van der Waals surface area contributed by atoms with Gasteiger partial charge in [0, 0.05) is 36.9 Å². The van der Waals surface area contributed by atoms with E-state index in [9.17, 15) is 4.79 Å². The fraction of sp³-hybridized carbons (Fsp3) is 0.333. The summed E-state index contributed by atoms with van der Waals surface area (Å²) in [6.07, 6.45) is 5.90. The predicted molar refractivity (Wildman–Crippen MR) is 76.5 cm³/mol. The number of aromatic nitrogens is 1. The van der Waals surface area contributed by atoms with Crippen molar-refractivity contribution >= 4 is 16.9 Å². The summed E-state index contributed by atoms with van der Waals surface area (Å²) < 4.78 is 1.84. The van der Waals surface area contributed by atoms with Gasteiger partial charge in [0.15, 0.2) is 12.4 Å². The van der Waals surface area contributed by atoms with E-state index in [2.05, 4.69) is 5.43 Å². The summed E-state index contributed by atoms with van der Waals surface area (Å²) in [5.41, 5.74) is 8.61. The number of hydrogen-bond donors (Lipinski definition) is 4. The number of nitrogens with zero attached hydrogens (tertiary/aromatic N) is 1. The van der Waals surface area contributed by atoms with E-state index in [1.165, 1.54) is 18.0 Å². The van der Waals surface area contributed by atoms with E-state index in [1.54, 1.807) is 0 Å². The highest BCUT2D eigenvalue weighted by atomic mass is 32.2. The number of carbonyl (C=O) groups excluding carboxylic acids is 1. The molecule has 0 saturated carbocycles. The first-order chi connectivity index (χ1) is 9.22. The van der Waals surface area contributed by atoms with Crippen LogP contribution in [0.4, 0.5) is 0 Å². The lowest BCUT2D eigenvalue weighted by molar-refractivity contribution is -0.683. The number of rotatable bonds is 6. The van der Waals surface area contributed by atoms with Crippen molar-refractivity contribution in [3.05, 3.63) is 42.5 Å². The fourth-order valence-electron chi connectivity index (χ4n) is 1.20. The monoisotopic (exact) mass is 285 g/mol. The van der Waals surface area contributed by atoms with E-state index in [1.807, 2.05) is 35.2 Å². The SMILES string of the molecule is CO.NN/C=C(\N)CCSC(=O)C[n+]1ccccc1. The van der Waals surface area contributed by atoms with Gasteiger partial charge in [-0.25, -0.2) is 0 Å². The molecule has 0 aliphatic heterocycles. The van der Waals surface area contributed by atoms with E-state index in [0.717, 1.165) is 7.11 Å². The Morgan fingerprint density at radius 3 is 2.58 bits per heavy atom. The van der Waals surface area contributed by atoms with Crippen LogP contribution in [-0.2, 0) is 11.3 Å². The van der Waals surface area contributed by atoms with Crippen molar-refractivity contribution in [1.29, 1.82) is 0 Å². The van der Waals surface area contributed by atoms with Gasteiger partial charge in [0.1, 0.15) is 0 Å². The molecule has 1 aromatic rings.